The van der Waals surface area contributed by atoms with Gasteiger partial charge >= 0.3 is 6.09 Å². The van der Waals surface area contributed by atoms with Gasteiger partial charge < -0.3 is 14.7 Å². The Labute approximate surface area is 129 Å². The maximum Gasteiger partial charge on any atom is 0.410 e. The van der Waals surface area contributed by atoms with Crippen molar-refractivity contribution in [1.82, 2.24) is 4.90 Å². The normalized spacial score (nSPS) is 25.0. The van der Waals surface area contributed by atoms with E-state index in [1.807, 2.05) is 37.3 Å². The zero-order chi connectivity index (χ0) is 15.9. The molecule has 0 aromatic heterocycles. The van der Waals surface area contributed by atoms with Crippen molar-refractivity contribution in [3.63, 3.8) is 0 Å². The second kappa shape index (κ2) is 7.68. The van der Waals surface area contributed by atoms with Crippen molar-refractivity contribution in [2.24, 2.45) is 5.11 Å². The molecule has 1 aliphatic rings. The van der Waals surface area contributed by atoms with Crippen LogP contribution in [-0.2, 0) is 11.3 Å². The zero-order valence-corrected chi connectivity index (χ0v) is 12.5. The van der Waals surface area contributed by atoms with Gasteiger partial charge in [0.05, 0.1) is 12.1 Å². The van der Waals surface area contributed by atoms with E-state index in [-0.39, 0.29) is 19.2 Å². The third-order valence-corrected chi connectivity index (χ3v) is 3.88. The summed E-state index contributed by atoms with van der Waals surface area (Å²) < 4.78 is 5.33. The number of hydrogen-bond acceptors (Lipinski definition) is 4. The minimum absolute atomic E-state index is 0.0724. The van der Waals surface area contributed by atoms with Crippen molar-refractivity contribution in [1.29, 1.82) is 0 Å². The Balaban J connectivity index is 2.01. The molecular formula is C15H20N4O3. The van der Waals surface area contributed by atoms with E-state index in [0.717, 1.165) is 5.56 Å². The van der Waals surface area contributed by atoms with E-state index >= 15 is 0 Å². The summed E-state index contributed by atoms with van der Waals surface area (Å²) in [6.07, 6.45) is -0.0549. The van der Waals surface area contributed by atoms with E-state index in [4.69, 9.17) is 10.3 Å². The van der Waals surface area contributed by atoms with Crippen LogP contribution in [0.1, 0.15) is 25.3 Å². The standard InChI is InChI=1S/C15H20N4O3/c1-11-7-8-14(20)13(17-18-16)9-19(11)15(21)22-10-12-5-3-2-4-6-12/h2-6,11,13-14,20H,7-10H2,1H3/t11-,13+,14+/m1/s1. The van der Waals surface area contributed by atoms with Gasteiger partial charge in [0, 0.05) is 17.5 Å². The molecule has 1 amide bonds. The van der Waals surface area contributed by atoms with Crippen molar-refractivity contribution in [2.75, 3.05) is 6.54 Å². The predicted octanol–water partition coefficient (Wildman–Crippen LogP) is 2.85. The Morgan fingerprint density at radius 1 is 1.45 bits per heavy atom. The SMILES string of the molecule is C[C@@H]1CC[C@H](O)[C@@H](N=[N+]=[N-])CN1C(=O)OCc1ccccc1. The van der Waals surface area contributed by atoms with Crippen LogP contribution >= 0.6 is 0 Å². The highest BCUT2D eigenvalue weighted by Gasteiger charge is 2.32. The largest absolute Gasteiger partial charge is 0.445 e. The number of likely N-dealkylation sites (tertiary alicyclic amines) is 1. The van der Waals surface area contributed by atoms with Crippen LogP contribution in [0.5, 0.6) is 0 Å². The fourth-order valence-corrected chi connectivity index (χ4v) is 2.50. The van der Waals surface area contributed by atoms with Crippen molar-refractivity contribution < 1.29 is 14.6 Å². The molecule has 1 aromatic carbocycles. The van der Waals surface area contributed by atoms with Gasteiger partial charge in [-0.25, -0.2) is 4.79 Å². The van der Waals surface area contributed by atoms with E-state index in [1.165, 1.54) is 4.90 Å². The third-order valence-electron chi connectivity index (χ3n) is 3.88. The first-order valence-electron chi connectivity index (χ1n) is 7.31. The van der Waals surface area contributed by atoms with E-state index in [1.54, 1.807) is 0 Å². The number of carbonyl (C=O) groups excluding carboxylic acids is 1. The average molecular weight is 304 g/mol. The number of azide groups is 1. The molecule has 7 heteroatoms. The van der Waals surface area contributed by atoms with Crippen LogP contribution in [0.4, 0.5) is 4.79 Å². The number of aliphatic hydroxyl groups is 1. The number of benzene rings is 1. The molecule has 0 saturated carbocycles. The van der Waals surface area contributed by atoms with Crippen LogP contribution in [0, 0.1) is 0 Å². The highest BCUT2D eigenvalue weighted by molar-refractivity contribution is 5.68. The van der Waals surface area contributed by atoms with Gasteiger partial charge in [-0.15, -0.1) is 0 Å². The van der Waals surface area contributed by atoms with E-state index in [9.17, 15) is 9.90 Å². The second-order valence-electron chi connectivity index (χ2n) is 5.46. The molecule has 1 fully saturated rings. The zero-order valence-electron chi connectivity index (χ0n) is 12.5. The molecule has 0 spiro atoms. The molecule has 22 heavy (non-hydrogen) atoms. The fourth-order valence-electron chi connectivity index (χ4n) is 2.50. The van der Waals surface area contributed by atoms with Gasteiger partial charge in [-0.3, -0.25) is 0 Å². The van der Waals surface area contributed by atoms with E-state index < -0.39 is 18.2 Å². The maximum absolute atomic E-state index is 12.3. The highest BCUT2D eigenvalue weighted by atomic mass is 16.6. The lowest BCUT2D eigenvalue weighted by Crippen LogP contribution is -2.42. The van der Waals surface area contributed by atoms with E-state index in [0.29, 0.717) is 12.8 Å². The number of ether oxygens (including phenoxy) is 1. The van der Waals surface area contributed by atoms with Gasteiger partial charge in [0.1, 0.15) is 6.61 Å². The summed E-state index contributed by atoms with van der Waals surface area (Å²) in [6.45, 7) is 2.26. The molecule has 7 nitrogen and oxygen atoms in total. The van der Waals surface area contributed by atoms with Crippen LogP contribution in [0.15, 0.2) is 35.4 Å². The Kier molecular flexibility index (Phi) is 5.63. The molecule has 0 radical (unpaired) electrons. The molecule has 0 unspecified atom stereocenters. The summed E-state index contributed by atoms with van der Waals surface area (Å²) in [5.41, 5.74) is 9.49. The molecule has 0 aliphatic carbocycles. The summed E-state index contributed by atoms with van der Waals surface area (Å²) in [5, 5.41) is 13.6. The first kappa shape index (κ1) is 16.1. The summed E-state index contributed by atoms with van der Waals surface area (Å²) in [4.78, 5) is 16.6. The lowest BCUT2D eigenvalue weighted by Gasteiger charge is -2.27. The minimum Gasteiger partial charge on any atom is -0.445 e. The summed E-state index contributed by atoms with van der Waals surface area (Å²) >= 11 is 0. The molecular weight excluding hydrogens is 284 g/mol. The van der Waals surface area contributed by atoms with Crippen molar-refractivity contribution in [3.8, 4) is 0 Å². The van der Waals surface area contributed by atoms with Gasteiger partial charge in [-0.1, -0.05) is 35.4 Å². The number of rotatable bonds is 3. The number of aliphatic hydroxyl groups excluding tert-OH is 1. The summed E-state index contributed by atoms with van der Waals surface area (Å²) in [5.74, 6) is 0. The summed E-state index contributed by atoms with van der Waals surface area (Å²) in [6, 6.07) is 8.71. The lowest BCUT2D eigenvalue weighted by atomic mass is 10.1. The summed E-state index contributed by atoms with van der Waals surface area (Å²) in [7, 11) is 0. The number of carbonyl (C=O) groups is 1. The fraction of sp³-hybridized carbons (Fsp3) is 0.533. The lowest BCUT2D eigenvalue weighted by molar-refractivity contribution is 0.0793. The first-order valence-corrected chi connectivity index (χ1v) is 7.31. The molecule has 1 saturated heterocycles. The molecule has 1 heterocycles. The van der Waals surface area contributed by atoms with Crippen LogP contribution in [-0.4, -0.2) is 40.8 Å². The van der Waals surface area contributed by atoms with Crippen LogP contribution in [0.25, 0.3) is 10.4 Å². The molecule has 3 atom stereocenters. The Bertz CT molecular complexity index is 545. The van der Waals surface area contributed by atoms with Gasteiger partial charge in [0.2, 0.25) is 0 Å². The van der Waals surface area contributed by atoms with E-state index in [2.05, 4.69) is 10.0 Å². The van der Waals surface area contributed by atoms with Gasteiger partial charge in [0.15, 0.2) is 0 Å². The second-order valence-corrected chi connectivity index (χ2v) is 5.46. The highest BCUT2D eigenvalue weighted by Crippen LogP contribution is 2.20. The van der Waals surface area contributed by atoms with Gasteiger partial charge in [-0.05, 0) is 30.9 Å². The smallest absolute Gasteiger partial charge is 0.410 e. The van der Waals surface area contributed by atoms with Crippen molar-refractivity contribution in [3.05, 3.63) is 46.3 Å². The molecule has 2 rings (SSSR count). The maximum atomic E-state index is 12.3. The van der Waals surface area contributed by atoms with Gasteiger partial charge in [-0.2, -0.15) is 0 Å². The van der Waals surface area contributed by atoms with Crippen LogP contribution < -0.4 is 0 Å². The van der Waals surface area contributed by atoms with Crippen LogP contribution in [0.3, 0.4) is 0 Å². The predicted molar refractivity (Wildman–Crippen MR) is 81.0 cm³/mol. The quantitative estimate of drug-likeness (QED) is 0.528. The number of nitrogens with zero attached hydrogens (tertiary/aromatic N) is 4. The minimum atomic E-state index is -0.731. The Morgan fingerprint density at radius 3 is 2.86 bits per heavy atom. The van der Waals surface area contributed by atoms with Crippen molar-refractivity contribution >= 4 is 6.09 Å². The molecule has 1 aliphatic heterocycles. The Hall–Kier alpha value is -2.24. The third kappa shape index (κ3) is 4.13. The molecule has 1 aromatic rings. The number of hydrogen-bond donors (Lipinski definition) is 1. The first-order chi connectivity index (χ1) is 10.6. The van der Waals surface area contributed by atoms with Gasteiger partial charge in [0.25, 0.3) is 0 Å². The van der Waals surface area contributed by atoms with Crippen molar-refractivity contribution in [2.45, 2.75) is 44.6 Å². The average Bonchev–Trinajstić information content (AvgIpc) is 2.67. The molecule has 118 valence electrons. The number of amides is 1. The molecule has 0 bridgehead atoms. The monoisotopic (exact) mass is 304 g/mol. The van der Waals surface area contributed by atoms with Crippen LogP contribution in [0.2, 0.25) is 0 Å². The topological polar surface area (TPSA) is 98.5 Å². The molecule has 1 N–H and O–H groups in total. The Morgan fingerprint density at radius 2 is 2.18 bits per heavy atom.